The van der Waals surface area contributed by atoms with E-state index >= 15 is 0 Å². The number of pyridine rings is 1. The van der Waals surface area contributed by atoms with Gasteiger partial charge >= 0.3 is 5.97 Å². The number of nitrogens with zero attached hydrogens (tertiary/aromatic N) is 2. The number of anilines is 1. The Bertz CT molecular complexity index is 1670. The van der Waals surface area contributed by atoms with Crippen LogP contribution in [0.4, 0.5) is 5.69 Å². The molecule has 40 heavy (non-hydrogen) atoms. The van der Waals surface area contributed by atoms with E-state index in [0.717, 1.165) is 50.6 Å². The lowest BCUT2D eigenvalue weighted by atomic mass is 9.94. The van der Waals surface area contributed by atoms with Crippen LogP contribution >= 0.6 is 0 Å². The van der Waals surface area contributed by atoms with Crippen molar-refractivity contribution in [2.24, 2.45) is 0 Å². The summed E-state index contributed by atoms with van der Waals surface area (Å²) in [6, 6.07) is 29.6. The van der Waals surface area contributed by atoms with Gasteiger partial charge in [-0.2, -0.15) is 0 Å². The second-order valence-electron chi connectivity index (χ2n) is 10.1. The van der Waals surface area contributed by atoms with Gasteiger partial charge in [0.2, 0.25) is 0 Å². The Morgan fingerprint density at radius 3 is 2.52 bits per heavy atom. The van der Waals surface area contributed by atoms with Crippen LogP contribution in [0, 0.1) is 0 Å². The fraction of sp³-hybridized carbons (Fsp3) is 0.176. The number of aliphatic hydroxyl groups is 1. The summed E-state index contributed by atoms with van der Waals surface area (Å²) in [6.45, 7) is 1.25. The van der Waals surface area contributed by atoms with Crippen LogP contribution in [0.5, 0.6) is 0 Å². The highest BCUT2D eigenvalue weighted by Crippen LogP contribution is 2.31. The molecule has 0 amide bonds. The van der Waals surface area contributed by atoms with E-state index in [0.29, 0.717) is 12.1 Å². The first kappa shape index (κ1) is 27.1. The molecule has 6 heteroatoms. The number of hydrogen-bond acceptors (Lipinski definition) is 6. The number of fused-ring (bicyclic) bond motifs is 2. The topological polar surface area (TPSA) is 74.7 Å². The first-order valence-corrected chi connectivity index (χ1v) is 13.2. The fourth-order valence-corrected chi connectivity index (χ4v) is 4.91. The van der Waals surface area contributed by atoms with Gasteiger partial charge in [-0.15, -0.1) is 0 Å². The van der Waals surface area contributed by atoms with Gasteiger partial charge in [0.1, 0.15) is 6.10 Å². The number of nitrogens with one attached hydrogen (secondary N) is 1. The highest BCUT2D eigenvalue weighted by molar-refractivity contribution is 5.90. The molecule has 2 N–H and O–H groups in total. The molecule has 0 saturated carbocycles. The number of aliphatic hydroxyl groups excluding tert-OH is 1. The van der Waals surface area contributed by atoms with E-state index in [1.165, 1.54) is 12.7 Å². The second kappa shape index (κ2) is 12.1. The van der Waals surface area contributed by atoms with E-state index in [4.69, 9.17) is 4.74 Å². The fourth-order valence-electron chi connectivity index (χ4n) is 4.91. The largest absolute Gasteiger partial charge is 0.465 e. The van der Waals surface area contributed by atoms with Crippen molar-refractivity contribution in [1.82, 2.24) is 9.88 Å². The summed E-state index contributed by atoms with van der Waals surface area (Å²) in [6.07, 6.45) is 2.93. The summed E-state index contributed by atoms with van der Waals surface area (Å²) in [7, 11) is 5.47. The van der Waals surface area contributed by atoms with Gasteiger partial charge in [0, 0.05) is 18.5 Å². The molecule has 5 rings (SSSR count). The maximum Gasteiger partial charge on any atom is 0.337 e. The predicted octanol–water partition coefficient (Wildman–Crippen LogP) is 6.47. The average Bonchev–Trinajstić information content (AvgIpc) is 2.98. The summed E-state index contributed by atoms with van der Waals surface area (Å²) in [5.74, 6) is -0.384. The van der Waals surface area contributed by atoms with Crippen LogP contribution in [0.3, 0.4) is 0 Å². The van der Waals surface area contributed by atoms with Crippen molar-refractivity contribution < 1.29 is 14.6 Å². The molecule has 5 aromatic rings. The van der Waals surface area contributed by atoms with Gasteiger partial charge < -0.3 is 20.1 Å². The molecule has 0 fully saturated rings. The molecule has 1 heterocycles. The molecule has 0 bridgehead atoms. The molecule has 0 saturated heterocycles. The monoisotopic (exact) mass is 531 g/mol. The van der Waals surface area contributed by atoms with Crippen LogP contribution < -0.4 is 5.32 Å². The van der Waals surface area contributed by atoms with Crippen molar-refractivity contribution in [1.29, 1.82) is 0 Å². The van der Waals surface area contributed by atoms with Crippen molar-refractivity contribution in [3.05, 3.63) is 125 Å². The second-order valence-corrected chi connectivity index (χ2v) is 10.1. The smallest absolute Gasteiger partial charge is 0.337 e. The zero-order chi connectivity index (χ0) is 28.1. The van der Waals surface area contributed by atoms with Gasteiger partial charge in [0.05, 0.1) is 30.1 Å². The average molecular weight is 532 g/mol. The van der Waals surface area contributed by atoms with E-state index in [2.05, 4.69) is 47.5 Å². The molecule has 1 aromatic heterocycles. The minimum absolute atomic E-state index is 0.384. The molecule has 1 unspecified atom stereocenters. The quantitative estimate of drug-likeness (QED) is 0.213. The van der Waals surface area contributed by atoms with E-state index in [1.807, 2.05) is 72.9 Å². The molecular weight excluding hydrogens is 498 g/mol. The number of carbonyl (C=O) groups excluding carboxylic acids is 1. The van der Waals surface area contributed by atoms with E-state index in [9.17, 15) is 9.90 Å². The number of rotatable bonds is 9. The Morgan fingerprint density at radius 2 is 1.75 bits per heavy atom. The number of ether oxygens (including phenoxy) is 1. The lowest BCUT2D eigenvalue weighted by molar-refractivity contribution is 0.0600. The third-order valence-electron chi connectivity index (χ3n) is 6.89. The third kappa shape index (κ3) is 6.20. The summed E-state index contributed by atoms with van der Waals surface area (Å²) < 4.78 is 4.83. The number of esters is 1. The van der Waals surface area contributed by atoms with Crippen LogP contribution in [0.25, 0.3) is 27.8 Å². The standard InChI is InChI=1S/C34H33N3O3/c1-37(2)22-24-13-16-32-27(18-24)19-29(21-36-32)35-20-28(17-23-11-14-26(15-12-23)34(39)40-3)33(38)31-10-6-8-25-7-4-5-9-30(25)31/h4-19,21,33,35,38H,20,22H2,1-3H3. The number of benzene rings is 4. The summed E-state index contributed by atoms with van der Waals surface area (Å²) in [4.78, 5) is 18.7. The minimum atomic E-state index is -0.848. The molecule has 0 aliphatic rings. The molecule has 4 aromatic carbocycles. The Labute approximate surface area is 234 Å². The van der Waals surface area contributed by atoms with Gasteiger partial charge in [-0.3, -0.25) is 4.98 Å². The molecule has 0 radical (unpaired) electrons. The number of carbonyl (C=O) groups is 1. The number of hydrogen-bond donors (Lipinski definition) is 2. The summed E-state index contributed by atoms with van der Waals surface area (Å²) >= 11 is 0. The van der Waals surface area contributed by atoms with E-state index in [-0.39, 0.29) is 5.97 Å². The van der Waals surface area contributed by atoms with E-state index < -0.39 is 6.10 Å². The number of methoxy groups -OCH3 is 1. The highest BCUT2D eigenvalue weighted by atomic mass is 16.5. The molecule has 0 aliphatic heterocycles. The Kier molecular flexibility index (Phi) is 8.20. The van der Waals surface area contributed by atoms with Crippen molar-refractivity contribution in [2.45, 2.75) is 12.6 Å². The first-order chi connectivity index (χ1) is 19.4. The lowest BCUT2D eigenvalue weighted by Crippen LogP contribution is -2.13. The maximum absolute atomic E-state index is 11.9. The molecule has 0 aliphatic carbocycles. The van der Waals surface area contributed by atoms with Crippen molar-refractivity contribution in [2.75, 3.05) is 33.1 Å². The predicted molar refractivity (Wildman–Crippen MR) is 162 cm³/mol. The van der Waals surface area contributed by atoms with Crippen LogP contribution in [-0.2, 0) is 11.3 Å². The number of aromatic nitrogens is 1. The van der Waals surface area contributed by atoms with Crippen LogP contribution in [-0.4, -0.2) is 48.7 Å². The van der Waals surface area contributed by atoms with Crippen LogP contribution in [0.1, 0.15) is 33.2 Å². The van der Waals surface area contributed by atoms with Gasteiger partial charge in [0.25, 0.3) is 0 Å². The minimum Gasteiger partial charge on any atom is -0.465 e. The highest BCUT2D eigenvalue weighted by Gasteiger charge is 2.17. The molecule has 1 atom stereocenters. The van der Waals surface area contributed by atoms with Crippen LogP contribution in [0.2, 0.25) is 0 Å². The van der Waals surface area contributed by atoms with E-state index in [1.54, 1.807) is 12.1 Å². The third-order valence-corrected chi connectivity index (χ3v) is 6.89. The first-order valence-electron chi connectivity index (χ1n) is 13.2. The summed E-state index contributed by atoms with van der Waals surface area (Å²) in [5.41, 5.74) is 5.99. The van der Waals surface area contributed by atoms with Crippen LogP contribution in [0.15, 0.2) is 103 Å². The maximum atomic E-state index is 11.9. The molecule has 0 spiro atoms. The van der Waals surface area contributed by atoms with Crippen molar-refractivity contribution in [3.8, 4) is 0 Å². The van der Waals surface area contributed by atoms with Gasteiger partial charge in [0.15, 0.2) is 0 Å². The molecular formula is C34H33N3O3. The Balaban J connectivity index is 1.47. The molecule has 202 valence electrons. The normalized spacial score (nSPS) is 12.6. The SMILES string of the molecule is COC(=O)c1ccc(C=C(CNc2cnc3ccc(CN(C)C)cc3c2)C(O)c2cccc3ccccc23)cc1. The van der Waals surface area contributed by atoms with Crippen molar-refractivity contribution >= 4 is 39.4 Å². The van der Waals surface area contributed by atoms with Crippen molar-refractivity contribution in [3.63, 3.8) is 0 Å². The zero-order valence-electron chi connectivity index (χ0n) is 23.0. The summed E-state index contributed by atoms with van der Waals surface area (Å²) in [5, 5.41) is 18.3. The zero-order valence-corrected chi connectivity index (χ0v) is 23.0. The van der Waals surface area contributed by atoms with Gasteiger partial charge in [-0.25, -0.2) is 4.79 Å². The Morgan fingerprint density at radius 1 is 0.975 bits per heavy atom. The van der Waals surface area contributed by atoms with Gasteiger partial charge in [-0.05, 0) is 77.5 Å². The molecule has 6 nitrogen and oxygen atoms in total. The lowest BCUT2D eigenvalue weighted by Gasteiger charge is -2.19. The Hall–Kier alpha value is -4.52. The van der Waals surface area contributed by atoms with Gasteiger partial charge in [-0.1, -0.05) is 66.7 Å².